The normalized spacial score (nSPS) is 11.5. The summed E-state index contributed by atoms with van der Waals surface area (Å²) in [5.74, 6) is 0. The average Bonchev–Trinajstić information content (AvgIpc) is 3.82. The molecule has 0 bridgehead atoms. The lowest BCUT2D eigenvalue weighted by atomic mass is 9.95. The molecular weight excluding hydrogens is 853 g/mol. The molecule has 0 fully saturated rings. The Morgan fingerprint density at radius 2 is 0.696 bits per heavy atom. The van der Waals surface area contributed by atoms with Gasteiger partial charge in [-0.15, -0.1) is 11.3 Å². The zero-order valence-corrected chi connectivity index (χ0v) is 38.5. The van der Waals surface area contributed by atoms with Gasteiger partial charge in [-0.3, -0.25) is 0 Å². The van der Waals surface area contributed by atoms with Crippen molar-refractivity contribution >= 4 is 98.0 Å². The minimum absolute atomic E-state index is 1.10. The van der Waals surface area contributed by atoms with E-state index in [1.807, 2.05) is 11.3 Å². The minimum atomic E-state index is 1.10. The number of hydrogen-bond acceptors (Lipinski definition) is 3. The van der Waals surface area contributed by atoms with Crippen LogP contribution in [0, 0.1) is 0 Å². The Labute approximate surface area is 405 Å². The molecule has 0 atom stereocenters. The fourth-order valence-electron chi connectivity index (χ4n) is 10.3. The molecule has 0 radical (unpaired) electrons. The largest absolute Gasteiger partial charge is 0.311 e. The Hall–Kier alpha value is -8.76. The molecule has 13 aromatic rings. The third-order valence-corrected chi connectivity index (χ3v) is 14.8. The van der Waals surface area contributed by atoms with E-state index in [1.165, 1.54) is 85.9 Å². The maximum Gasteiger partial charge on any atom is 0.0540 e. The Kier molecular flexibility index (Phi) is 10.1. The van der Waals surface area contributed by atoms with Gasteiger partial charge in [-0.2, -0.15) is 0 Å². The highest BCUT2D eigenvalue weighted by molar-refractivity contribution is 7.27. The highest BCUT2D eigenvalue weighted by atomic mass is 32.1. The monoisotopic (exact) mass is 896 g/mol. The van der Waals surface area contributed by atoms with Crippen molar-refractivity contribution in [2.24, 2.45) is 0 Å². The third-order valence-electron chi connectivity index (χ3n) is 13.6. The highest BCUT2D eigenvalue weighted by Gasteiger charge is 2.20. The van der Waals surface area contributed by atoms with Gasteiger partial charge in [0.2, 0.25) is 0 Å². The number of hydrogen-bond donors (Lipinski definition) is 0. The van der Waals surface area contributed by atoms with Crippen LogP contribution in [-0.2, 0) is 0 Å². The zero-order valence-electron chi connectivity index (χ0n) is 37.7. The Morgan fingerprint density at radius 1 is 0.246 bits per heavy atom. The average molecular weight is 897 g/mol. The molecule has 1 heterocycles. The van der Waals surface area contributed by atoms with Crippen molar-refractivity contribution in [2.45, 2.75) is 0 Å². The molecule has 2 nitrogen and oxygen atoms in total. The van der Waals surface area contributed by atoms with E-state index in [-0.39, 0.29) is 0 Å². The van der Waals surface area contributed by atoms with Crippen LogP contribution in [0.2, 0.25) is 0 Å². The number of anilines is 6. The summed E-state index contributed by atoms with van der Waals surface area (Å²) in [6.45, 7) is 0. The summed E-state index contributed by atoms with van der Waals surface area (Å²) in [5, 5.41) is 10.1. The summed E-state index contributed by atoms with van der Waals surface area (Å²) in [6, 6.07) is 97.1. The van der Waals surface area contributed by atoms with Crippen molar-refractivity contribution in [1.82, 2.24) is 0 Å². The Balaban J connectivity index is 0.891. The van der Waals surface area contributed by atoms with E-state index in [2.05, 4.69) is 277 Å². The minimum Gasteiger partial charge on any atom is -0.311 e. The van der Waals surface area contributed by atoms with Crippen LogP contribution >= 0.6 is 11.3 Å². The van der Waals surface area contributed by atoms with Crippen LogP contribution in [0.15, 0.2) is 267 Å². The van der Waals surface area contributed by atoms with Crippen LogP contribution in [0.5, 0.6) is 0 Å². The van der Waals surface area contributed by atoms with Crippen LogP contribution in [0.25, 0.3) is 85.9 Å². The molecule has 324 valence electrons. The Morgan fingerprint density at radius 3 is 1.32 bits per heavy atom. The van der Waals surface area contributed by atoms with E-state index in [0.717, 1.165) is 34.1 Å². The van der Waals surface area contributed by atoms with Gasteiger partial charge in [-0.05, 0) is 128 Å². The van der Waals surface area contributed by atoms with E-state index in [4.69, 9.17) is 0 Å². The van der Waals surface area contributed by atoms with Gasteiger partial charge in [0, 0.05) is 59.4 Å². The molecule has 0 aliphatic rings. The van der Waals surface area contributed by atoms with Crippen molar-refractivity contribution in [1.29, 1.82) is 0 Å². The van der Waals surface area contributed by atoms with E-state index >= 15 is 0 Å². The zero-order chi connectivity index (χ0) is 45.7. The van der Waals surface area contributed by atoms with Gasteiger partial charge in [-0.1, -0.05) is 194 Å². The molecule has 69 heavy (non-hydrogen) atoms. The summed E-state index contributed by atoms with van der Waals surface area (Å²) in [4.78, 5) is 4.76. The predicted octanol–water partition coefficient (Wildman–Crippen LogP) is 19.5. The van der Waals surface area contributed by atoms with E-state index in [0.29, 0.717) is 0 Å². The lowest BCUT2D eigenvalue weighted by Crippen LogP contribution is -2.10. The molecule has 0 aliphatic carbocycles. The number of para-hydroxylation sites is 1. The molecule has 0 saturated carbocycles. The van der Waals surface area contributed by atoms with Gasteiger partial charge in [0.1, 0.15) is 0 Å². The second-order valence-electron chi connectivity index (χ2n) is 17.7. The predicted molar refractivity (Wildman–Crippen MR) is 298 cm³/mol. The number of benzene rings is 12. The van der Waals surface area contributed by atoms with Gasteiger partial charge < -0.3 is 9.80 Å². The molecule has 3 heteroatoms. The number of thiophene rings is 1. The molecule has 0 unspecified atom stereocenters. The van der Waals surface area contributed by atoms with Crippen molar-refractivity contribution in [3.8, 4) is 33.4 Å². The van der Waals surface area contributed by atoms with Crippen molar-refractivity contribution in [2.75, 3.05) is 9.80 Å². The van der Waals surface area contributed by atoms with Crippen molar-refractivity contribution in [3.63, 3.8) is 0 Å². The van der Waals surface area contributed by atoms with E-state index in [9.17, 15) is 0 Å². The smallest absolute Gasteiger partial charge is 0.0540 e. The first-order chi connectivity index (χ1) is 34.2. The first kappa shape index (κ1) is 40.5. The topological polar surface area (TPSA) is 6.48 Å². The quantitative estimate of drug-likeness (QED) is 0.133. The van der Waals surface area contributed by atoms with Crippen LogP contribution in [0.1, 0.15) is 0 Å². The first-order valence-electron chi connectivity index (χ1n) is 23.6. The van der Waals surface area contributed by atoms with Gasteiger partial charge >= 0.3 is 0 Å². The Bertz CT molecular complexity index is 3890. The van der Waals surface area contributed by atoms with Gasteiger partial charge in [0.15, 0.2) is 0 Å². The van der Waals surface area contributed by atoms with Gasteiger partial charge in [0.25, 0.3) is 0 Å². The van der Waals surface area contributed by atoms with E-state index < -0.39 is 0 Å². The van der Waals surface area contributed by atoms with Gasteiger partial charge in [0.05, 0.1) is 5.69 Å². The van der Waals surface area contributed by atoms with Crippen molar-refractivity contribution < 1.29 is 0 Å². The lowest BCUT2D eigenvalue weighted by Gasteiger charge is -2.27. The molecule has 0 N–H and O–H groups in total. The third kappa shape index (κ3) is 7.28. The van der Waals surface area contributed by atoms with Crippen LogP contribution in [0.3, 0.4) is 0 Å². The van der Waals surface area contributed by atoms with Gasteiger partial charge in [-0.25, -0.2) is 0 Å². The molecule has 12 aromatic carbocycles. The molecule has 13 rings (SSSR count). The number of fused-ring (bicyclic) bond motifs is 9. The first-order valence-corrected chi connectivity index (χ1v) is 24.4. The number of nitrogens with zero attached hydrogens (tertiary/aromatic N) is 2. The molecule has 0 amide bonds. The van der Waals surface area contributed by atoms with Crippen molar-refractivity contribution in [3.05, 3.63) is 267 Å². The summed E-state index contributed by atoms with van der Waals surface area (Å²) >= 11 is 1.90. The molecule has 1 aromatic heterocycles. The standard InChI is InChI=1S/C66H44N2S/c1-4-15-45(16-5-1)47-27-34-53(35-28-47)67(54-36-29-48(30-37-54)46-17-6-2-7-18-46)55-38-31-49(32-39-55)51-33-41-61-64(43-51)69-66-60-42-40-56(44-62(60)58-24-12-13-25-59(58)65(61)66)68(52-21-8-3-9-22-52)63-26-14-20-50-19-10-11-23-57(50)63/h1-44H. The molecule has 0 aliphatic heterocycles. The summed E-state index contributed by atoms with van der Waals surface area (Å²) < 4.78 is 2.61. The van der Waals surface area contributed by atoms with Crippen LogP contribution in [-0.4, -0.2) is 0 Å². The summed E-state index contributed by atoms with van der Waals surface area (Å²) in [5.41, 5.74) is 13.9. The fraction of sp³-hybridized carbons (Fsp3) is 0. The van der Waals surface area contributed by atoms with E-state index in [1.54, 1.807) is 0 Å². The number of rotatable bonds is 9. The SMILES string of the molecule is c1ccc(-c2ccc(N(c3ccc(-c4ccccc4)cc3)c3ccc(-c4ccc5c(c4)sc4c6ccc(N(c7ccccc7)c7cccc8ccccc78)cc6c6ccccc6c54)cc3)cc2)cc1. The summed E-state index contributed by atoms with van der Waals surface area (Å²) in [6.07, 6.45) is 0. The second kappa shape index (κ2) is 17.2. The molecular formula is C66H44N2S. The lowest BCUT2D eigenvalue weighted by molar-refractivity contribution is 1.28. The molecule has 0 saturated heterocycles. The maximum absolute atomic E-state index is 2.41. The summed E-state index contributed by atoms with van der Waals surface area (Å²) in [7, 11) is 0. The fourth-order valence-corrected chi connectivity index (χ4v) is 11.6. The highest BCUT2D eigenvalue weighted by Crippen LogP contribution is 2.48. The van der Waals surface area contributed by atoms with Crippen LogP contribution < -0.4 is 9.80 Å². The van der Waals surface area contributed by atoms with Crippen LogP contribution in [0.4, 0.5) is 34.1 Å². The second-order valence-corrected chi connectivity index (χ2v) is 18.7. The maximum atomic E-state index is 2.41. The molecule has 0 spiro atoms.